The van der Waals surface area contributed by atoms with Gasteiger partial charge < -0.3 is 5.11 Å². The number of phenols is 1. The third-order valence-electron chi connectivity index (χ3n) is 3.67. The molecule has 2 N–H and O–H groups in total. The molecule has 0 heterocycles. The summed E-state index contributed by atoms with van der Waals surface area (Å²) in [5.74, 6) is -0.926. The Balaban J connectivity index is 1.78. The van der Waals surface area contributed by atoms with E-state index < -0.39 is 5.91 Å². The number of halogens is 1. The number of amides is 1. The Labute approximate surface area is 138 Å². The van der Waals surface area contributed by atoms with Crippen molar-refractivity contribution in [2.45, 2.75) is 6.92 Å². The van der Waals surface area contributed by atoms with E-state index in [-0.39, 0.29) is 17.1 Å². The van der Waals surface area contributed by atoms with E-state index in [0.29, 0.717) is 11.1 Å². The van der Waals surface area contributed by atoms with Gasteiger partial charge in [0.15, 0.2) is 0 Å². The number of carbonyl (C=O) groups excluding carboxylic acids is 1. The van der Waals surface area contributed by atoms with Gasteiger partial charge in [-0.15, -0.1) is 0 Å². The van der Waals surface area contributed by atoms with Crippen molar-refractivity contribution < 1.29 is 14.3 Å². The molecule has 0 aliphatic rings. The number of nitrogens with zero attached hydrogens (tertiary/aromatic N) is 1. The van der Waals surface area contributed by atoms with E-state index >= 15 is 0 Å². The fourth-order valence-corrected chi connectivity index (χ4v) is 2.38. The van der Waals surface area contributed by atoms with Crippen molar-refractivity contribution in [1.82, 2.24) is 5.43 Å². The lowest BCUT2D eigenvalue weighted by atomic mass is 10.1. The summed E-state index contributed by atoms with van der Waals surface area (Å²) in [4.78, 5) is 12.2. The molecule has 3 aromatic carbocycles. The first-order valence-electron chi connectivity index (χ1n) is 7.36. The zero-order chi connectivity index (χ0) is 17.1. The number of aromatic hydroxyl groups is 1. The summed E-state index contributed by atoms with van der Waals surface area (Å²) in [6.45, 7) is 1.65. The normalized spacial score (nSPS) is 11.1. The topological polar surface area (TPSA) is 61.7 Å². The van der Waals surface area contributed by atoms with Crippen LogP contribution in [-0.4, -0.2) is 17.2 Å². The standard InChI is InChI=1S/C19H15FN2O2/c1-12-8-13(6-7-17(12)20)11-21-22-19(24)16-9-14-4-2-3-5-15(14)10-18(16)23/h2-11,23H,1H3,(H,22,24)/b21-11+. The molecule has 0 atom stereocenters. The van der Waals surface area contributed by atoms with E-state index in [1.807, 2.05) is 24.3 Å². The highest BCUT2D eigenvalue weighted by molar-refractivity contribution is 6.01. The van der Waals surface area contributed by atoms with Gasteiger partial charge in [-0.2, -0.15) is 5.10 Å². The van der Waals surface area contributed by atoms with Gasteiger partial charge in [-0.3, -0.25) is 4.79 Å². The van der Waals surface area contributed by atoms with Gasteiger partial charge >= 0.3 is 0 Å². The number of hydrogen-bond donors (Lipinski definition) is 2. The molecule has 0 saturated heterocycles. The minimum atomic E-state index is -0.520. The fraction of sp³-hybridized carbons (Fsp3) is 0.0526. The molecule has 0 spiro atoms. The van der Waals surface area contributed by atoms with Gasteiger partial charge in [-0.25, -0.2) is 9.82 Å². The van der Waals surface area contributed by atoms with Crippen LogP contribution in [0.15, 0.2) is 59.7 Å². The van der Waals surface area contributed by atoms with Crippen molar-refractivity contribution in [3.63, 3.8) is 0 Å². The van der Waals surface area contributed by atoms with Crippen LogP contribution in [0, 0.1) is 12.7 Å². The van der Waals surface area contributed by atoms with E-state index in [2.05, 4.69) is 10.5 Å². The van der Waals surface area contributed by atoms with Crippen molar-refractivity contribution in [2.75, 3.05) is 0 Å². The van der Waals surface area contributed by atoms with Crippen molar-refractivity contribution in [3.05, 3.63) is 77.1 Å². The molecular weight excluding hydrogens is 307 g/mol. The van der Waals surface area contributed by atoms with Gasteiger partial charge in [-0.1, -0.05) is 30.3 Å². The summed E-state index contributed by atoms with van der Waals surface area (Å²) in [5.41, 5.74) is 3.67. The largest absolute Gasteiger partial charge is 0.507 e. The average molecular weight is 322 g/mol. The Hall–Kier alpha value is -3.21. The Bertz CT molecular complexity index is 951. The second-order valence-corrected chi connectivity index (χ2v) is 5.42. The third-order valence-corrected chi connectivity index (χ3v) is 3.67. The molecule has 3 aromatic rings. The zero-order valence-electron chi connectivity index (χ0n) is 13.0. The SMILES string of the molecule is Cc1cc(/C=N/NC(=O)c2cc3ccccc3cc2O)ccc1F. The molecule has 0 aromatic heterocycles. The summed E-state index contributed by atoms with van der Waals surface area (Å²) < 4.78 is 13.2. The van der Waals surface area contributed by atoms with Crippen molar-refractivity contribution in [2.24, 2.45) is 5.10 Å². The quantitative estimate of drug-likeness (QED) is 0.570. The Morgan fingerprint density at radius 3 is 2.54 bits per heavy atom. The lowest BCUT2D eigenvalue weighted by Crippen LogP contribution is -2.17. The van der Waals surface area contributed by atoms with Gasteiger partial charge in [0.2, 0.25) is 0 Å². The predicted molar refractivity (Wildman–Crippen MR) is 91.8 cm³/mol. The molecule has 0 aliphatic heterocycles. The van der Waals surface area contributed by atoms with Crippen molar-refractivity contribution in [3.8, 4) is 5.75 Å². The summed E-state index contributed by atoms with van der Waals surface area (Å²) in [7, 11) is 0. The highest BCUT2D eigenvalue weighted by Crippen LogP contribution is 2.24. The Kier molecular flexibility index (Phi) is 4.24. The molecule has 0 saturated carbocycles. The van der Waals surface area contributed by atoms with E-state index in [0.717, 1.165) is 10.8 Å². The number of rotatable bonds is 3. The van der Waals surface area contributed by atoms with Crippen molar-refractivity contribution in [1.29, 1.82) is 0 Å². The number of phenolic OH excluding ortho intramolecular Hbond substituents is 1. The molecule has 0 aliphatic carbocycles. The molecule has 4 nitrogen and oxygen atoms in total. The van der Waals surface area contributed by atoms with Gasteiger partial charge in [0.25, 0.3) is 5.91 Å². The Morgan fingerprint density at radius 2 is 1.83 bits per heavy atom. The fourth-order valence-electron chi connectivity index (χ4n) is 2.38. The number of fused-ring (bicyclic) bond motifs is 1. The third kappa shape index (κ3) is 3.25. The number of hydrogen-bond acceptors (Lipinski definition) is 3. The van der Waals surface area contributed by atoms with Gasteiger partial charge in [-0.05, 0) is 53.1 Å². The van der Waals surface area contributed by atoms with Crippen LogP contribution >= 0.6 is 0 Å². The molecule has 24 heavy (non-hydrogen) atoms. The maximum absolute atomic E-state index is 13.2. The summed E-state index contributed by atoms with van der Waals surface area (Å²) in [5, 5.41) is 15.5. The minimum Gasteiger partial charge on any atom is -0.507 e. The van der Waals surface area contributed by atoms with Crippen LogP contribution in [-0.2, 0) is 0 Å². The first kappa shape index (κ1) is 15.7. The molecule has 0 bridgehead atoms. The number of carbonyl (C=O) groups is 1. The highest BCUT2D eigenvalue weighted by atomic mass is 19.1. The van der Waals surface area contributed by atoms with E-state index in [4.69, 9.17) is 0 Å². The van der Waals surface area contributed by atoms with Crippen LogP contribution in [0.25, 0.3) is 10.8 Å². The monoisotopic (exact) mass is 322 g/mol. The van der Waals surface area contributed by atoms with Crippen LogP contribution in [0.2, 0.25) is 0 Å². The number of aryl methyl sites for hydroxylation is 1. The molecule has 0 unspecified atom stereocenters. The maximum atomic E-state index is 13.2. The Morgan fingerprint density at radius 1 is 1.12 bits per heavy atom. The predicted octanol–water partition coefficient (Wildman–Crippen LogP) is 3.76. The van der Waals surface area contributed by atoms with Crippen molar-refractivity contribution >= 4 is 22.9 Å². The van der Waals surface area contributed by atoms with E-state index in [1.165, 1.54) is 18.3 Å². The molecule has 3 rings (SSSR count). The van der Waals surface area contributed by atoms with Gasteiger partial charge in [0.1, 0.15) is 11.6 Å². The second kappa shape index (κ2) is 6.50. The molecule has 1 amide bonds. The lowest BCUT2D eigenvalue weighted by Gasteiger charge is -2.05. The van der Waals surface area contributed by atoms with Crippen LogP contribution in [0.3, 0.4) is 0 Å². The number of hydrazone groups is 1. The molecule has 120 valence electrons. The smallest absolute Gasteiger partial charge is 0.275 e. The highest BCUT2D eigenvalue weighted by Gasteiger charge is 2.11. The van der Waals surface area contributed by atoms with E-state index in [9.17, 15) is 14.3 Å². The lowest BCUT2D eigenvalue weighted by molar-refractivity contribution is 0.0952. The van der Waals surface area contributed by atoms with Crippen LogP contribution in [0.5, 0.6) is 5.75 Å². The first-order valence-corrected chi connectivity index (χ1v) is 7.36. The first-order chi connectivity index (χ1) is 11.5. The number of benzene rings is 3. The van der Waals surface area contributed by atoms with Crippen LogP contribution < -0.4 is 5.43 Å². The van der Waals surface area contributed by atoms with Crippen LogP contribution in [0.4, 0.5) is 4.39 Å². The van der Waals surface area contributed by atoms with E-state index in [1.54, 1.807) is 25.1 Å². The zero-order valence-corrected chi connectivity index (χ0v) is 13.0. The molecular formula is C19H15FN2O2. The summed E-state index contributed by atoms with van der Waals surface area (Å²) in [6, 6.07) is 15.1. The van der Waals surface area contributed by atoms with Gasteiger partial charge in [0.05, 0.1) is 11.8 Å². The molecule has 5 heteroatoms. The average Bonchev–Trinajstić information content (AvgIpc) is 2.57. The van der Waals surface area contributed by atoms with Gasteiger partial charge in [0, 0.05) is 0 Å². The summed E-state index contributed by atoms with van der Waals surface area (Å²) in [6.07, 6.45) is 1.42. The summed E-state index contributed by atoms with van der Waals surface area (Å²) >= 11 is 0. The molecule has 0 radical (unpaired) electrons. The number of nitrogens with one attached hydrogen (secondary N) is 1. The van der Waals surface area contributed by atoms with Crippen LogP contribution in [0.1, 0.15) is 21.5 Å². The molecule has 0 fully saturated rings. The minimum absolute atomic E-state index is 0.112. The second-order valence-electron chi connectivity index (χ2n) is 5.42. The maximum Gasteiger partial charge on any atom is 0.275 e.